The second-order valence-electron chi connectivity index (χ2n) is 8.20. The van der Waals surface area contributed by atoms with E-state index in [9.17, 15) is 9.59 Å². The normalized spacial score (nSPS) is 23.4. The van der Waals surface area contributed by atoms with Crippen molar-refractivity contribution in [2.45, 2.75) is 49.9 Å². The summed E-state index contributed by atoms with van der Waals surface area (Å²) in [5.74, 6) is -0.182. The van der Waals surface area contributed by atoms with Crippen LogP contribution in [0.3, 0.4) is 0 Å². The fourth-order valence-electron chi connectivity index (χ4n) is 4.38. The lowest BCUT2D eigenvalue weighted by atomic mass is 9.93. The second-order valence-corrected chi connectivity index (χ2v) is 9.92. The topological polar surface area (TPSA) is 49.4 Å². The molecule has 1 N–H and O–H groups in total. The number of nitrogens with zero attached hydrogens (tertiary/aromatic N) is 1. The maximum atomic E-state index is 13.4. The Hall–Kier alpha value is -2.24. The molecule has 1 saturated carbocycles. The molecule has 4 rings (SSSR count). The van der Waals surface area contributed by atoms with Gasteiger partial charge in [-0.05, 0) is 49.1 Å². The van der Waals surface area contributed by atoms with Gasteiger partial charge in [0.2, 0.25) is 5.91 Å². The van der Waals surface area contributed by atoms with Crippen molar-refractivity contribution in [3.05, 3.63) is 75.7 Å². The Kier molecular flexibility index (Phi) is 7.03. The van der Waals surface area contributed by atoms with Crippen LogP contribution in [0.15, 0.2) is 59.5 Å². The van der Waals surface area contributed by atoms with E-state index in [4.69, 9.17) is 11.6 Å². The van der Waals surface area contributed by atoms with Gasteiger partial charge < -0.3 is 10.2 Å². The molecule has 1 saturated heterocycles. The van der Waals surface area contributed by atoms with E-state index in [1.54, 1.807) is 16.7 Å². The third kappa shape index (κ3) is 5.34. The molecule has 0 bridgehead atoms. The number of carbonyl (C=O) groups excluding carboxylic acids is 2. The summed E-state index contributed by atoms with van der Waals surface area (Å²) >= 11 is 7.78. The summed E-state index contributed by atoms with van der Waals surface area (Å²) in [6.07, 6.45) is 6.18. The largest absolute Gasteiger partial charge is 0.348 e. The maximum absolute atomic E-state index is 13.4. The molecule has 1 heterocycles. The van der Waals surface area contributed by atoms with E-state index in [0.717, 1.165) is 36.8 Å². The van der Waals surface area contributed by atoms with Gasteiger partial charge in [0.1, 0.15) is 6.54 Å². The van der Waals surface area contributed by atoms with Crippen LogP contribution in [0.2, 0.25) is 5.02 Å². The third-order valence-corrected chi connectivity index (χ3v) is 7.59. The van der Waals surface area contributed by atoms with Gasteiger partial charge in [-0.15, -0.1) is 11.8 Å². The quantitative estimate of drug-likeness (QED) is 0.611. The van der Waals surface area contributed by atoms with E-state index >= 15 is 0 Å². The van der Waals surface area contributed by atoms with E-state index in [-0.39, 0.29) is 30.4 Å². The fourth-order valence-corrected chi connectivity index (χ4v) is 6.05. The Balaban J connectivity index is 1.52. The zero-order valence-electron chi connectivity index (χ0n) is 17.6. The van der Waals surface area contributed by atoms with Gasteiger partial charge in [-0.1, -0.05) is 66.9 Å². The Morgan fingerprint density at radius 2 is 1.97 bits per heavy atom. The van der Waals surface area contributed by atoms with Crippen LogP contribution in [-0.4, -0.2) is 34.6 Å². The smallest absolute Gasteiger partial charge is 0.261 e. The van der Waals surface area contributed by atoms with Crippen molar-refractivity contribution < 1.29 is 9.59 Å². The van der Waals surface area contributed by atoms with Gasteiger partial charge in [0.05, 0.1) is 10.9 Å². The molecule has 0 aromatic heterocycles. The molecule has 0 spiro atoms. The van der Waals surface area contributed by atoms with Crippen molar-refractivity contribution in [2.24, 2.45) is 0 Å². The first kappa shape index (κ1) is 22.0. The summed E-state index contributed by atoms with van der Waals surface area (Å²) in [5, 5.41) is 4.03. The molecule has 2 aliphatic rings. The first-order valence-electron chi connectivity index (χ1n) is 10.8. The minimum absolute atomic E-state index is 0.0596. The van der Waals surface area contributed by atoms with Crippen molar-refractivity contribution in [3.8, 4) is 0 Å². The molecule has 2 aromatic rings. The highest BCUT2D eigenvalue weighted by Gasteiger charge is 2.41. The number of carbonyl (C=O) groups is 2. The number of fused-ring (bicyclic) bond motifs is 1. The first-order chi connectivity index (χ1) is 15.0. The van der Waals surface area contributed by atoms with Gasteiger partial charge in [0, 0.05) is 16.3 Å². The zero-order chi connectivity index (χ0) is 21.8. The van der Waals surface area contributed by atoms with Crippen molar-refractivity contribution in [3.63, 3.8) is 0 Å². The number of hydrogen-bond acceptors (Lipinski definition) is 3. The molecule has 31 heavy (non-hydrogen) atoms. The summed E-state index contributed by atoms with van der Waals surface area (Å²) < 4.78 is 0. The Bertz CT molecular complexity index is 978. The number of halogens is 1. The summed E-state index contributed by atoms with van der Waals surface area (Å²) in [6, 6.07) is 17.4. The van der Waals surface area contributed by atoms with E-state index in [1.807, 2.05) is 67.6 Å². The molecule has 3 unspecified atom stereocenters. The molecule has 3 atom stereocenters. The van der Waals surface area contributed by atoms with E-state index in [0.29, 0.717) is 15.2 Å². The molecule has 1 aliphatic carbocycles. The van der Waals surface area contributed by atoms with Crippen molar-refractivity contribution in [2.75, 3.05) is 6.54 Å². The van der Waals surface area contributed by atoms with Crippen LogP contribution in [0, 0.1) is 0 Å². The lowest BCUT2D eigenvalue weighted by molar-refractivity contribution is -0.135. The van der Waals surface area contributed by atoms with Crippen LogP contribution in [0.25, 0.3) is 6.08 Å². The highest BCUT2D eigenvalue weighted by atomic mass is 35.5. The summed E-state index contributed by atoms with van der Waals surface area (Å²) in [4.78, 5) is 28.7. The van der Waals surface area contributed by atoms with Crippen LogP contribution in [0.5, 0.6) is 0 Å². The number of rotatable bonds is 5. The number of hydrogen-bond donors (Lipinski definition) is 1. The minimum atomic E-state index is -0.122. The number of nitrogens with one attached hydrogen (secondary N) is 1. The van der Waals surface area contributed by atoms with Crippen LogP contribution >= 0.6 is 23.4 Å². The number of benzene rings is 2. The molecule has 6 heteroatoms. The molecule has 162 valence electrons. The minimum Gasteiger partial charge on any atom is -0.348 e. The monoisotopic (exact) mass is 454 g/mol. The average molecular weight is 455 g/mol. The lowest BCUT2D eigenvalue weighted by Crippen LogP contribution is -2.54. The van der Waals surface area contributed by atoms with Gasteiger partial charge in [0.25, 0.3) is 5.91 Å². The standard InChI is InChI=1S/C25H27ClN2O2S/c1-17(19-9-3-2-4-10-19)27-24(29)16-28-21-12-5-6-13-22(21)31-23(25(28)30)15-18-8-7-11-20(26)14-18/h2-4,7-11,14-15,17,21-22H,5-6,12-13,16H2,1H3,(H,27,29)/b23-15+. The zero-order valence-corrected chi connectivity index (χ0v) is 19.2. The number of amides is 2. The average Bonchev–Trinajstić information content (AvgIpc) is 2.77. The number of thioether (sulfide) groups is 1. The van der Waals surface area contributed by atoms with Crippen LogP contribution in [0.4, 0.5) is 0 Å². The molecule has 2 aromatic carbocycles. The Morgan fingerprint density at radius 3 is 2.74 bits per heavy atom. The molecule has 2 fully saturated rings. The third-order valence-electron chi connectivity index (χ3n) is 5.96. The summed E-state index contributed by atoms with van der Waals surface area (Å²) in [5.41, 5.74) is 1.95. The van der Waals surface area contributed by atoms with Gasteiger partial charge in [-0.2, -0.15) is 0 Å². The summed E-state index contributed by atoms with van der Waals surface area (Å²) in [6.45, 7) is 2.06. The van der Waals surface area contributed by atoms with Crippen molar-refractivity contribution in [1.82, 2.24) is 10.2 Å². The highest BCUT2D eigenvalue weighted by molar-refractivity contribution is 8.04. The summed E-state index contributed by atoms with van der Waals surface area (Å²) in [7, 11) is 0. The van der Waals surface area contributed by atoms with Crippen LogP contribution < -0.4 is 5.32 Å². The highest BCUT2D eigenvalue weighted by Crippen LogP contribution is 2.42. The van der Waals surface area contributed by atoms with Crippen molar-refractivity contribution >= 4 is 41.3 Å². The van der Waals surface area contributed by atoms with E-state index in [2.05, 4.69) is 5.32 Å². The maximum Gasteiger partial charge on any atom is 0.261 e. The van der Waals surface area contributed by atoms with Gasteiger partial charge in [-0.25, -0.2) is 0 Å². The van der Waals surface area contributed by atoms with E-state index in [1.165, 1.54) is 0 Å². The predicted octanol–water partition coefficient (Wildman–Crippen LogP) is 5.44. The van der Waals surface area contributed by atoms with Crippen molar-refractivity contribution in [1.29, 1.82) is 0 Å². The van der Waals surface area contributed by atoms with Gasteiger partial charge in [-0.3, -0.25) is 9.59 Å². The molecular weight excluding hydrogens is 428 g/mol. The molecule has 4 nitrogen and oxygen atoms in total. The first-order valence-corrected chi connectivity index (χ1v) is 12.1. The van der Waals surface area contributed by atoms with Crippen LogP contribution in [-0.2, 0) is 9.59 Å². The molecule has 0 radical (unpaired) electrons. The molecule has 1 aliphatic heterocycles. The van der Waals surface area contributed by atoms with E-state index < -0.39 is 0 Å². The van der Waals surface area contributed by atoms with Gasteiger partial charge in [0.15, 0.2) is 0 Å². The predicted molar refractivity (Wildman–Crippen MR) is 128 cm³/mol. The SMILES string of the molecule is CC(NC(=O)CN1C(=O)/C(=C\c2cccc(Cl)c2)SC2CCCCC21)c1ccccc1. The van der Waals surface area contributed by atoms with Gasteiger partial charge >= 0.3 is 0 Å². The second kappa shape index (κ2) is 9.92. The molecular formula is C25H27ClN2O2S. The molecule has 2 amide bonds. The fraction of sp³-hybridized carbons (Fsp3) is 0.360. The Labute approximate surface area is 193 Å². The van der Waals surface area contributed by atoms with Crippen LogP contribution in [0.1, 0.15) is 49.8 Å². The lowest BCUT2D eigenvalue weighted by Gasteiger charge is -2.44. The Morgan fingerprint density at radius 1 is 1.19 bits per heavy atom.